The molecule has 2 rings (SSSR count). The Hall–Kier alpha value is -2.19. The highest BCUT2D eigenvalue weighted by Crippen LogP contribution is 2.30. The van der Waals surface area contributed by atoms with E-state index in [0.29, 0.717) is 12.3 Å². The van der Waals surface area contributed by atoms with E-state index in [-0.39, 0.29) is 29.2 Å². The van der Waals surface area contributed by atoms with Crippen LogP contribution in [0.5, 0.6) is 5.75 Å². The highest BCUT2D eigenvalue weighted by Gasteiger charge is 2.33. The van der Waals surface area contributed by atoms with Crippen LogP contribution in [-0.4, -0.2) is 49.0 Å². The predicted octanol–water partition coefficient (Wildman–Crippen LogP) is 1.21. The molecule has 126 valence electrons. The van der Waals surface area contributed by atoms with Gasteiger partial charge in [0, 0.05) is 6.54 Å². The molecule has 0 aliphatic carbocycles. The largest absolute Gasteiger partial charge is 0.496 e. The van der Waals surface area contributed by atoms with Gasteiger partial charge < -0.3 is 15.8 Å². The summed E-state index contributed by atoms with van der Waals surface area (Å²) in [6.45, 7) is 4.42. The van der Waals surface area contributed by atoms with Gasteiger partial charge in [-0.25, -0.2) is 0 Å². The third-order valence-corrected chi connectivity index (χ3v) is 4.17. The number of anilines is 1. The number of carbonyl (C=O) groups excluding carboxylic acids is 1. The van der Waals surface area contributed by atoms with Crippen LogP contribution >= 0.6 is 0 Å². The molecule has 3 N–H and O–H groups in total. The summed E-state index contributed by atoms with van der Waals surface area (Å²) in [6, 6.07) is 4.34. The Bertz CT molecular complexity index is 607. The van der Waals surface area contributed by atoms with Crippen molar-refractivity contribution in [1.29, 1.82) is 0 Å². The molecule has 0 bridgehead atoms. The highest BCUT2D eigenvalue weighted by atomic mass is 16.6. The first-order chi connectivity index (χ1) is 10.9. The molecule has 1 amide bonds. The molecule has 0 radical (unpaired) electrons. The molecule has 8 nitrogen and oxygen atoms in total. The van der Waals surface area contributed by atoms with Crippen LogP contribution in [0.1, 0.15) is 13.3 Å². The van der Waals surface area contributed by atoms with E-state index in [1.807, 2.05) is 4.90 Å². The minimum absolute atomic E-state index is 0.0341. The minimum Gasteiger partial charge on any atom is -0.496 e. The minimum atomic E-state index is -0.542. The number of likely N-dealkylation sites (tertiary alicyclic amines) is 1. The fourth-order valence-corrected chi connectivity index (χ4v) is 2.72. The Morgan fingerprint density at radius 1 is 1.57 bits per heavy atom. The first kappa shape index (κ1) is 17.2. The third-order valence-electron chi connectivity index (χ3n) is 4.17. The molecule has 1 unspecified atom stereocenters. The van der Waals surface area contributed by atoms with Gasteiger partial charge in [0.05, 0.1) is 24.6 Å². The number of amides is 1. The number of nitro benzene ring substituents is 1. The maximum Gasteiger partial charge on any atom is 0.296 e. The number of nitrogens with one attached hydrogen (secondary N) is 1. The number of nitro groups is 1. The summed E-state index contributed by atoms with van der Waals surface area (Å²) in [6.07, 6.45) is 0.944. The summed E-state index contributed by atoms with van der Waals surface area (Å²) in [7, 11) is 1.43. The maximum atomic E-state index is 12.2. The second-order valence-electron chi connectivity index (χ2n) is 6.16. The quantitative estimate of drug-likeness (QED) is 0.601. The second kappa shape index (κ2) is 6.93. The molecular formula is C15H22N4O4. The molecule has 1 fully saturated rings. The Labute approximate surface area is 134 Å². The number of rotatable bonds is 6. The van der Waals surface area contributed by atoms with Crippen LogP contribution < -0.4 is 15.8 Å². The van der Waals surface area contributed by atoms with E-state index in [2.05, 4.69) is 12.2 Å². The van der Waals surface area contributed by atoms with Crippen molar-refractivity contribution in [3.05, 3.63) is 28.3 Å². The van der Waals surface area contributed by atoms with E-state index in [1.165, 1.54) is 19.2 Å². The summed E-state index contributed by atoms with van der Waals surface area (Å²) >= 11 is 0. The summed E-state index contributed by atoms with van der Waals surface area (Å²) in [5.41, 5.74) is 5.76. The van der Waals surface area contributed by atoms with E-state index < -0.39 is 4.92 Å². The van der Waals surface area contributed by atoms with E-state index >= 15 is 0 Å². The first-order valence-electron chi connectivity index (χ1n) is 7.41. The van der Waals surface area contributed by atoms with E-state index in [4.69, 9.17) is 10.5 Å². The molecule has 8 heteroatoms. The second-order valence-corrected chi connectivity index (χ2v) is 6.16. The lowest BCUT2D eigenvalue weighted by atomic mass is 9.90. The van der Waals surface area contributed by atoms with Crippen molar-refractivity contribution < 1.29 is 14.5 Å². The molecule has 1 aromatic carbocycles. The average Bonchev–Trinajstić information content (AvgIpc) is 2.89. The first-order valence-corrected chi connectivity index (χ1v) is 7.41. The zero-order chi connectivity index (χ0) is 17.0. The van der Waals surface area contributed by atoms with Gasteiger partial charge in [-0.1, -0.05) is 6.92 Å². The van der Waals surface area contributed by atoms with Crippen molar-refractivity contribution in [3.63, 3.8) is 0 Å². The fourth-order valence-electron chi connectivity index (χ4n) is 2.72. The summed E-state index contributed by atoms with van der Waals surface area (Å²) in [4.78, 5) is 24.7. The molecule has 1 heterocycles. The highest BCUT2D eigenvalue weighted by molar-refractivity contribution is 5.94. The summed E-state index contributed by atoms with van der Waals surface area (Å²) < 4.78 is 4.97. The standard InChI is InChI=1S/C15H22N4O4/c1-15(9-16)5-6-18(10-15)8-14(20)17-12-4-3-11(23-2)7-13(12)19(21)22/h3-4,7H,5-6,8-10,16H2,1-2H3,(H,17,20). The number of hydrogen-bond acceptors (Lipinski definition) is 6. The van der Waals surface area contributed by atoms with Crippen molar-refractivity contribution in [2.45, 2.75) is 13.3 Å². The molecule has 0 spiro atoms. The smallest absolute Gasteiger partial charge is 0.296 e. The fraction of sp³-hybridized carbons (Fsp3) is 0.533. The zero-order valence-electron chi connectivity index (χ0n) is 13.4. The van der Waals surface area contributed by atoms with Crippen LogP contribution in [0.4, 0.5) is 11.4 Å². The topological polar surface area (TPSA) is 111 Å². The van der Waals surface area contributed by atoms with Crippen molar-refractivity contribution in [2.75, 3.05) is 38.6 Å². The zero-order valence-corrected chi connectivity index (χ0v) is 13.4. The monoisotopic (exact) mass is 322 g/mol. The number of carbonyl (C=O) groups is 1. The van der Waals surface area contributed by atoms with Crippen LogP contribution in [-0.2, 0) is 4.79 Å². The van der Waals surface area contributed by atoms with Gasteiger partial charge in [0.2, 0.25) is 5.91 Å². The average molecular weight is 322 g/mol. The van der Waals surface area contributed by atoms with E-state index in [0.717, 1.165) is 19.5 Å². The number of hydrogen-bond donors (Lipinski definition) is 2. The molecule has 23 heavy (non-hydrogen) atoms. The Kier molecular flexibility index (Phi) is 5.17. The lowest BCUT2D eigenvalue weighted by Gasteiger charge is -2.22. The van der Waals surface area contributed by atoms with Crippen molar-refractivity contribution >= 4 is 17.3 Å². The van der Waals surface area contributed by atoms with Crippen LogP contribution in [0.25, 0.3) is 0 Å². The lowest BCUT2D eigenvalue weighted by Crippen LogP contribution is -2.35. The van der Waals surface area contributed by atoms with Gasteiger partial charge in [-0.05, 0) is 37.1 Å². The number of benzene rings is 1. The van der Waals surface area contributed by atoms with Gasteiger partial charge in [0.15, 0.2) is 0 Å². The molecule has 0 saturated carbocycles. The summed E-state index contributed by atoms with van der Waals surface area (Å²) in [5.74, 6) is 0.0903. The molecule has 1 aliphatic heterocycles. The third kappa shape index (κ3) is 4.17. The Balaban J connectivity index is 2.02. The number of methoxy groups -OCH3 is 1. The molecular weight excluding hydrogens is 300 g/mol. The molecule has 1 saturated heterocycles. The Morgan fingerprint density at radius 2 is 2.30 bits per heavy atom. The van der Waals surface area contributed by atoms with Gasteiger partial charge >= 0.3 is 0 Å². The molecule has 1 aromatic rings. The molecule has 0 aromatic heterocycles. The molecule has 1 atom stereocenters. The van der Waals surface area contributed by atoms with Crippen LogP contribution in [0, 0.1) is 15.5 Å². The molecule has 1 aliphatic rings. The number of nitrogens with zero attached hydrogens (tertiary/aromatic N) is 2. The van der Waals surface area contributed by atoms with Crippen LogP contribution in [0.2, 0.25) is 0 Å². The van der Waals surface area contributed by atoms with Gasteiger partial charge in [0.25, 0.3) is 5.69 Å². The van der Waals surface area contributed by atoms with Crippen molar-refractivity contribution in [2.24, 2.45) is 11.1 Å². The van der Waals surface area contributed by atoms with Gasteiger partial charge in [-0.2, -0.15) is 0 Å². The number of ether oxygens (including phenoxy) is 1. The van der Waals surface area contributed by atoms with E-state index in [1.54, 1.807) is 6.07 Å². The Morgan fingerprint density at radius 3 is 2.87 bits per heavy atom. The van der Waals surface area contributed by atoms with Crippen LogP contribution in [0.3, 0.4) is 0 Å². The number of nitrogens with two attached hydrogens (primary N) is 1. The van der Waals surface area contributed by atoms with Crippen molar-refractivity contribution in [3.8, 4) is 5.75 Å². The SMILES string of the molecule is COc1ccc(NC(=O)CN2CCC(C)(CN)C2)c([N+](=O)[O-])c1. The van der Waals surface area contributed by atoms with Crippen molar-refractivity contribution in [1.82, 2.24) is 4.90 Å². The maximum absolute atomic E-state index is 12.2. The van der Waals surface area contributed by atoms with Gasteiger partial charge in [-0.3, -0.25) is 19.8 Å². The van der Waals surface area contributed by atoms with Crippen LogP contribution in [0.15, 0.2) is 18.2 Å². The summed E-state index contributed by atoms with van der Waals surface area (Å²) in [5, 5.41) is 13.7. The predicted molar refractivity (Wildman–Crippen MR) is 86.5 cm³/mol. The lowest BCUT2D eigenvalue weighted by molar-refractivity contribution is -0.384. The van der Waals surface area contributed by atoms with Gasteiger partial charge in [0.1, 0.15) is 11.4 Å². The normalized spacial score (nSPS) is 21.2. The van der Waals surface area contributed by atoms with Gasteiger partial charge in [-0.15, -0.1) is 0 Å². The van der Waals surface area contributed by atoms with E-state index in [9.17, 15) is 14.9 Å².